The second kappa shape index (κ2) is 3.87. The lowest BCUT2D eigenvalue weighted by Crippen LogP contribution is -2.19. The van der Waals surface area contributed by atoms with Crippen molar-refractivity contribution in [2.75, 3.05) is 0 Å². The summed E-state index contributed by atoms with van der Waals surface area (Å²) in [5, 5.41) is 3.19. The van der Waals surface area contributed by atoms with Gasteiger partial charge < -0.3 is 0 Å². The molecule has 0 amide bonds. The lowest BCUT2D eigenvalue weighted by atomic mass is 10.2. The molecule has 3 rings (SSSR count). The summed E-state index contributed by atoms with van der Waals surface area (Å²) in [6.45, 7) is 0.636. The fourth-order valence-electron chi connectivity index (χ4n) is 1.97. The Morgan fingerprint density at radius 3 is 2.81 bits per heavy atom. The number of nitrogens with one attached hydrogen (secondary N) is 1. The molecule has 0 aliphatic carbocycles. The van der Waals surface area contributed by atoms with Crippen LogP contribution < -0.4 is 5.56 Å². The number of benzene rings is 1. The van der Waals surface area contributed by atoms with Gasteiger partial charge in [-0.05, 0) is 5.56 Å². The Bertz CT molecular complexity index is 556. The van der Waals surface area contributed by atoms with Crippen LogP contribution in [0.5, 0.6) is 0 Å². The second-order valence-electron chi connectivity index (χ2n) is 3.94. The number of aromatic nitrogens is 2. The molecule has 1 aliphatic rings. The summed E-state index contributed by atoms with van der Waals surface area (Å²) in [5.41, 5.74) is 3.35. The van der Waals surface area contributed by atoms with Crippen LogP contribution in [0.25, 0.3) is 0 Å². The first kappa shape index (κ1) is 9.78. The van der Waals surface area contributed by atoms with Crippen molar-refractivity contribution in [2.45, 2.75) is 18.1 Å². The highest BCUT2D eigenvalue weighted by Gasteiger charge is 2.19. The van der Waals surface area contributed by atoms with Crippen molar-refractivity contribution in [3.63, 3.8) is 0 Å². The molecule has 0 radical (unpaired) electrons. The van der Waals surface area contributed by atoms with E-state index in [2.05, 4.69) is 5.10 Å². The highest BCUT2D eigenvalue weighted by molar-refractivity contribution is 7.98. The number of aromatic amines is 1. The first-order valence-corrected chi connectivity index (χ1v) is 6.42. The van der Waals surface area contributed by atoms with E-state index in [0.29, 0.717) is 6.54 Å². The standard InChI is InChI=1S/C12H12N2OS/c15-12-10-7-16-8-11(10)13-14(12)6-9-4-2-1-3-5-9/h1-5,13H,6-8H2. The highest BCUT2D eigenvalue weighted by atomic mass is 32.2. The Balaban J connectivity index is 1.94. The molecule has 2 heterocycles. The fourth-order valence-corrected chi connectivity index (χ4v) is 3.02. The number of hydrogen-bond donors (Lipinski definition) is 1. The topological polar surface area (TPSA) is 37.8 Å². The van der Waals surface area contributed by atoms with Gasteiger partial charge in [0, 0.05) is 11.5 Å². The maximum Gasteiger partial charge on any atom is 0.271 e. The van der Waals surface area contributed by atoms with Crippen molar-refractivity contribution >= 4 is 11.8 Å². The summed E-state index contributed by atoms with van der Waals surface area (Å²) in [5.74, 6) is 1.79. The molecule has 0 bridgehead atoms. The average molecular weight is 232 g/mol. The minimum Gasteiger partial charge on any atom is -0.298 e. The molecule has 2 aromatic rings. The van der Waals surface area contributed by atoms with E-state index in [1.54, 1.807) is 16.4 Å². The summed E-state index contributed by atoms with van der Waals surface area (Å²) in [6, 6.07) is 10.0. The van der Waals surface area contributed by atoms with Gasteiger partial charge in [0.05, 0.1) is 17.8 Å². The van der Waals surface area contributed by atoms with Crippen molar-refractivity contribution in [3.05, 3.63) is 57.5 Å². The molecular formula is C12H12N2OS. The fraction of sp³-hybridized carbons (Fsp3) is 0.250. The Hall–Kier alpha value is -1.42. The molecule has 0 saturated carbocycles. The first-order valence-electron chi connectivity index (χ1n) is 5.27. The summed E-state index contributed by atoms with van der Waals surface area (Å²) in [6.07, 6.45) is 0. The molecule has 1 N–H and O–H groups in total. The van der Waals surface area contributed by atoms with Crippen LogP contribution in [0, 0.1) is 0 Å². The lowest BCUT2D eigenvalue weighted by Gasteiger charge is -2.02. The van der Waals surface area contributed by atoms with E-state index in [9.17, 15) is 4.79 Å². The van der Waals surface area contributed by atoms with Crippen LogP contribution in [0.15, 0.2) is 35.1 Å². The summed E-state index contributed by atoms with van der Waals surface area (Å²) in [7, 11) is 0. The molecule has 1 aromatic carbocycles. The molecule has 82 valence electrons. The number of rotatable bonds is 2. The van der Waals surface area contributed by atoms with Gasteiger partial charge in [-0.2, -0.15) is 11.8 Å². The third-order valence-corrected chi connectivity index (χ3v) is 3.80. The Morgan fingerprint density at radius 2 is 2.06 bits per heavy atom. The van der Waals surface area contributed by atoms with Crippen LogP contribution in [0.1, 0.15) is 16.8 Å². The molecule has 16 heavy (non-hydrogen) atoms. The van der Waals surface area contributed by atoms with E-state index in [4.69, 9.17) is 0 Å². The van der Waals surface area contributed by atoms with Gasteiger partial charge in [0.2, 0.25) is 0 Å². The van der Waals surface area contributed by atoms with E-state index >= 15 is 0 Å². The summed E-state index contributed by atoms with van der Waals surface area (Å²) >= 11 is 1.79. The smallest absolute Gasteiger partial charge is 0.271 e. The second-order valence-corrected chi connectivity index (χ2v) is 4.92. The van der Waals surface area contributed by atoms with Gasteiger partial charge in [0.15, 0.2) is 0 Å². The van der Waals surface area contributed by atoms with E-state index in [0.717, 1.165) is 28.3 Å². The van der Waals surface area contributed by atoms with Crippen LogP contribution in [0.2, 0.25) is 0 Å². The van der Waals surface area contributed by atoms with E-state index in [1.807, 2.05) is 30.3 Å². The van der Waals surface area contributed by atoms with Crippen LogP contribution in [0.3, 0.4) is 0 Å². The number of hydrogen-bond acceptors (Lipinski definition) is 2. The maximum absolute atomic E-state index is 12.0. The van der Waals surface area contributed by atoms with Gasteiger partial charge in [-0.1, -0.05) is 30.3 Å². The average Bonchev–Trinajstić information content (AvgIpc) is 2.86. The molecule has 1 aromatic heterocycles. The Morgan fingerprint density at radius 1 is 1.25 bits per heavy atom. The summed E-state index contributed by atoms with van der Waals surface area (Å²) in [4.78, 5) is 12.0. The first-order chi connectivity index (χ1) is 7.84. The number of nitrogens with zero attached hydrogens (tertiary/aromatic N) is 1. The molecule has 1 aliphatic heterocycles. The lowest BCUT2D eigenvalue weighted by molar-refractivity contribution is 0.655. The number of H-pyrrole nitrogens is 1. The van der Waals surface area contributed by atoms with Gasteiger partial charge in [0.1, 0.15) is 0 Å². The molecule has 0 saturated heterocycles. The molecule has 3 nitrogen and oxygen atoms in total. The molecule has 0 atom stereocenters. The third kappa shape index (κ3) is 1.59. The quantitative estimate of drug-likeness (QED) is 0.859. The van der Waals surface area contributed by atoms with Crippen molar-refractivity contribution in [1.29, 1.82) is 0 Å². The van der Waals surface area contributed by atoms with Gasteiger partial charge in [-0.15, -0.1) is 0 Å². The zero-order chi connectivity index (χ0) is 11.0. The van der Waals surface area contributed by atoms with Gasteiger partial charge >= 0.3 is 0 Å². The van der Waals surface area contributed by atoms with Gasteiger partial charge in [-0.3, -0.25) is 9.89 Å². The van der Waals surface area contributed by atoms with Crippen molar-refractivity contribution in [3.8, 4) is 0 Å². The van der Waals surface area contributed by atoms with Gasteiger partial charge in [-0.25, -0.2) is 4.68 Å². The largest absolute Gasteiger partial charge is 0.298 e. The van der Waals surface area contributed by atoms with Crippen LogP contribution >= 0.6 is 11.8 Å². The van der Waals surface area contributed by atoms with Crippen molar-refractivity contribution < 1.29 is 0 Å². The number of thioether (sulfide) groups is 1. The highest BCUT2D eigenvalue weighted by Crippen LogP contribution is 2.25. The van der Waals surface area contributed by atoms with Crippen LogP contribution in [0.4, 0.5) is 0 Å². The van der Waals surface area contributed by atoms with E-state index < -0.39 is 0 Å². The maximum atomic E-state index is 12.0. The van der Waals surface area contributed by atoms with E-state index in [1.165, 1.54) is 0 Å². The third-order valence-electron chi connectivity index (χ3n) is 2.81. The zero-order valence-electron chi connectivity index (χ0n) is 8.77. The Kier molecular flexibility index (Phi) is 2.36. The molecule has 0 spiro atoms. The normalized spacial score (nSPS) is 14.0. The minimum atomic E-state index is 0.142. The SMILES string of the molecule is O=c1c2c([nH]n1Cc1ccccc1)CSC2. The molecule has 0 unspecified atom stereocenters. The van der Waals surface area contributed by atoms with Crippen molar-refractivity contribution in [1.82, 2.24) is 9.78 Å². The van der Waals surface area contributed by atoms with E-state index in [-0.39, 0.29) is 5.56 Å². The van der Waals surface area contributed by atoms with Crippen molar-refractivity contribution in [2.24, 2.45) is 0 Å². The zero-order valence-corrected chi connectivity index (χ0v) is 9.59. The molecule has 0 fully saturated rings. The van der Waals surface area contributed by atoms with Crippen LogP contribution in [-0.4, -0.2) is 9.78 Å². The predicted octanol–water partition coefficient (Wildman–Crippen LogP) is 1.97. The summed E-state index contributed by atoms with van der Waals surface area (Å²) < 4.78 is 1.71. The van der Waals surface area contributed by atoms with Gasteiger partial charge in [0.25, 0.3) is 5.56 Å². The monoisotopic (exact) mass is 232 g/mol. The molecular weight excluding hydrogens is 220 g/mol. The molecule has 4 heteroatoms. The number of fused-ring (bicyclic) bond motifs is 1. The predicted molar refractivity (Wildman–Crippen MR) is 65.6 cm³/mol. The Labute approximate surface area is 97.5 Å². The minimum absolute atomic E-state index is 0.142. The van der Waals surface area contributed by atoms with Crippen LogP contribution in [-0.2, 0) is 18.1 Å².